The van der Waals surface area contributed by atoms with Crippen molar-refractivity contribution in [1.82, 2.24) is 4.98 Å². The SMILES string of the molecule is CC(C)c1ccc(Nc2ncc(F)cc2C(=O)O)cc1. The van der Waals surface area contributed by atoms with Gasteiger partial charge in [0.2, 0.25) is 0 Å². The van der Waals surface area contributed by atoms with E-state index in [9.17, 15) is 9.18 Å². The zero-order chi connectivity index (χ0) is 14.7. The molecule has 20 heavy (non-hydrogen) atoms. The Bertz CT molecular complexity index is 624. The Hall–Kier alpha value is -2.43. The molecule has 0 fully saturated rings. The van der Waals surface area contributed by atoms with Gasteiger partial charge in [0.1, 0.15) is 17.2 Å². The topological polar surface area (TPSA) is 62.2 Å². The van der Waals surface area contributed by atoms with Gasteiger partial charge in [0.15, 0.2) is 0 Å². The number of carboxylic acids is 1. The van der Waals surface area contributed by atoms with Crippen LogP contribution in [0, 0.1) is 5.82 Å². The lowest BCUT2D eigenvalue weighted by Gasteiger charge is -2.10. The monoisotopic (exact) mass is 274 g/mol. The van der Waals surface area contributed by atoms with E-state index in [0.717, 1.165) is 12.3 Å². The number of aromatic carboxylic acids is 1. The van der Waals surface area contributed by atoms with Crippen molar-refractivity contribution in [2.45, 2.75) is 19.8 Å². The molecule has 0 spiro atoms. The van der Waals surface area contributed by atoms with Crippen LogP contribution in [0.1, 0.15) is 35.7 Å². The highest BCUT2D eigenvalue weighted by molar-refractivity contribution is 5.93. The number of aromatic nitrogens is 1. The minimum Gasteiger partial charge on any atom is -0.478 e. The second-order valence-electron chi connectivity index (χ2n) is 4.76. The third-order valence-electron chi connectivity index (χ3n) is 2.92. The molecule has 2 aromatic rings. The summed E-state index contributed by atoms with van der Waals surface area (Å²) in [5, 5.41) is 11.9. The number of carbonyl (C=O) groups is 1. The molecule has 0 aliphatic carbocycles. The van der Waals surface area contributed by atoms with Crippen molar-refractivity contribution < 1.29 is 14.3 Å². The highest BCUT2D eigenvalue weighted by Crippen LogP contribution is 2.22. The summed E-state index contributed by atoms with van der Waals surface area (Å²) >= 11 is 0. The first kappa shape index (κ1) is 14.0. The third-order valence-corrected chi connectivity index (χ3v) is 2.92. The van der Waals surface area contributed by atoms with Crippen molar-refractivity contribution in [3.8, 4) is 0 Å². The van der Waals surface area contributed by atoms with Gasteiger partial charge >= 0.3 is 5.97 Å². The lowest BCUT2D eigenvalue weighted by molar-refractivity contribution is 0.0697. The smallest absolute Gasteiger partial charge is 0.339 e. The Labute approximate surface area is 116 Å². The van der Waals surface area contributed by atoms with Crippen LogP contribution in [0.25, 0.3) is 0 Å². The summed E-state index contributed by atoms with van der Waals surface area (Å²) in [6.07, 6.45) is 0.983. The number of benzene rings is 1. The second-order valence-corrected chi connectivity index (χ2v) is 4.76. The van der Waals surface area contributed by atoms with E-state index in [1.54, 1.807) is 0 Å². The zero-order valence-electron chi connectivity index (χ0n) is 11.2. The van der Waals surface area contributed by atoms with Crippen LogP contribution in [-0.4, -0.2) is 16.1 Å². The number of hydrogen-bond donors (Lipinski definition) is 2. The number of rotatable bonds is 4. The normalized spacial score (nSPS) is 10.6. The van der Waals surface area contributed by atoms with Gasteiger partial charge in [0.05, 0.1) is 6.20 Å². The average molecular weight is 274 g/mol. The molecule has 0 saturated carbocycles. The molecular weight excluding hydrogens is 259 g/mol. The van der Waals surface area contributed by atoms with E-state index in [1.165, 1.54) is 5.56 Å². The third kappa shape index (κ3) is 3.12. The quantitative estimate of drug-likeness (QED) is 0.890. The van der Waals surface area contributed by atoms with Gasteiger partial charge in [-0.25, -0.2) is 14.2 Å². The summed E-state index contributed by atoms with van der Waals surface area (Å²) in [6, 6.07) is 8.53. The van der Waals surface area contributed by atoms with Gasteiger partial charge < -0.3 is 10.4 Å². The van der Waals surface area contributed by atoms with Crippen LogP contribution in [0.3, 0.4) is 0 Å². The van der Waals surface area contributed by atoms with Crippen LogP contribution in [0.5, 0.6) is 0 Å². The lowest BCUT2D eigenvalue weighted by atomic mass is 10.0. The van der Waals surface area contributed by atoms with E-state index in [2.05, 4.69) is 24.1 Å². The molecule has 104 valence electrons. The molecule has 2 rings (SSSR count). The van der Waals surface area contributed by atoms with Crippen molar-refractivity contribution in [3.05, 3.63) is 53.5 Å². The predicted octanol–water partition coefficient (Wildman–Crippen LogP) is 3.79. The number of halogens is 1. The molecule has 2 N–H and O–H groups in total. The fourth-order valence-electron chi connectivity index (χ4n) is 1.79. The van der Waals surface area contributed by atoms with Gasteiger partial charge in [-0.15, -0.1) is 0 Å². The maximum atomic E-state index is 13.0. The summed E-state index contributed by atoms with van der Waals surface area (Å²) in [5.74, 6) is -1.36. The van der Waals surface area contributed by atoms with Crippen LogP contribution in [-0.2, 0) is 0 Å². The predicted molar refractivity (Wildman–Crippen MR) is 75.0 cm³/mol. The van der Waals surface area contributed by atoms with Crippen LogP contribution in [0.4, 0.5) is 15.9 Å². The van der Waals surface area contributed by atoms with Crippen molar-refractivity contribution in [3.63, 3.8) is 0 Å². The Morgan fingerprint density at radius 3 is 2.50 bits per heavy atom. The summed E-state index contributed by atoms with van der Waals surface area (Å²) in [7, 11) is 0. The molecule has 0 aliphatic heterocycles. The van der Waals surface area contributed by atoms with Crippen molar-refractivity contribution in [2.75, 3.05) is 5.32 Å². The van der Waals surface area contributed by atoms with Gasteiger partial charge in [-0.1, -0.05) is 26.0 Å². The molecule has 0 radical (unpaired) electrons. The number of hydrogen-bond acceptors (Lipinski definition) is 3. The van der Waals surface area contributed by atoms with E-state index in [-0.39, 0.29) is 11.4 Å². The van der Waals surface area contributed by atoms with Crippen LogP contribution in [0.2, 0.25) is 0 Å². The van der Waals surface area contributed by atoms with Gasteiger partial charge in [-0.3, -0.25) is 0 Å². The molecule has 4 nitrogen and oxygen atoms in total. The summed E-state index contributed by atoms with van der Waals surface area (Å²) in [5.41, 5.74) is 1.69. The number of anilines is 2. The van der Waals surface area contributed by atoms with Crippen LogP contribution < -0.4 is 5.32 Å². The lowest BCUT2D eigenvalue weighted by Crippen LogP contribution is -2.05. The minimum atomic E-state index is -1.22. The first-order chi connectivity index (χ1) is 9.47. The van der Waals surface area contributed by atoms with Gasteiger partial charge in [-0.05, 0) is 29.7 Å². The number of nitrogens with one attached hydrogen (secondary N) is 1. The first-order valence-corrected chi connectivity index (χ1v) is 6.23. The molecule has 1 heterocycles. The number of pyridine rings is 1. The molecule has 0 saturated heterocycles. The first-order valence-electron chi connectivity index (χ1n) is 6.23. The van der Waals surface area contributed by atoms with Crippen molar-refractivity contribution in [1.29, 1.82) is 0 Å². The zero-order valence-corrected chi connectivity index (χ0v) is 11.2. The molecule has 0 aliphatic rings. The Morgan fingerprint density at radius 1 is 1.30 bits per heavy atom. The van der Waals surface area contributed by atoms with Crippen LogP contribution >= 0.6 is 0 Å². The van der Waals surface area contributed by atoms with E-state index in [0.29, 0.717) is 11.6 Å². The standard InChI is InChI=1S/C15H15FN2O2/c1-9(2)10-3-5-12(6-4-10)18-14-13(15(19)20)7-11(16)8-17-14/h3-9H,1-2H3,(H,17,18)(H,19,20). The average Bonchev–Trinajstić information content (AvgIpc) is 2.41. The van der Waals surface area contributed by atoms with Gasteiger partial charge in [0.25, 0.3) is 0 Å². The molecule has 1 aromatic heterocycles. The number of nitrogens with zero attached hydrogens (tertiary/aromatic N) is 1. The van der Waals surface area contributed by atoms with Gasteiger partial charge in [-0.2, -0.15) is 0 Å². The fraction of sp³-hybridized carbons (Fsp3) is 0.200. The molecular formula is C15H15FN2O2. The summed E-state index contributed by atoms with van der Waals surface area (Å²) in [4.78, 5) is 14.8. The maximum Gasteiger partial charge on any atom is 0.339 e. The Balaban J connectivity index is 2.28. The molecule has 0 bridgehead atoms. The molecule has 1 aromatic carbocycles. The van der Waals surface area contributed by atoms with E-state index >= 15 is 0 Å². The highest BCUT2D eigenvalue weighted by Gasteiger charge is 2.13. The van der Waals surface area contributed by atoms with Gasteiger partial charge in [0, 0.05) is 5.69 Å². The number of carboxylic acid groups (broad SMARTS) is 1. The molecule has 0 unspecified atom stereocenters. The Kier molecular flexibility index (Phi) is 3.98. The molecule has 5 heteroatoms. The van der Waals surface area contributed by atoms with Crippen molar-refractivity contribution in [2.24, 2.45) is 0 Å². The van der Waals surface area contributed by atoms with E-state index in [4.69, 9.17) is 5.11 Å². The largest absolute Gasteiger partial charge is 0.478 e. The van der Waals surface area contributed by atoms with Crippen LogP contribution in [0.15, 0.2) is 36.5 Å². The summed E-state index contributed by atoms with van der Waals surface area (Å²) in [6.45, 7) is 4.18. The Morgan fingerprint density at radius 2 is 1.95 bits per heavy atom. The molecule has 0 amide bonds. The van der Waals surface area contributed by atoms with E-state index < -0.39 is 11.8 Å². The highest BCUT2D eigenvalue weighted by atomic mass is 19.1. The van der Waals surface area contributed by atoms with E-state index in [1.807, 2.05) is 24.3 Å². The minimum absolute atomic E-state index is 0.121. The van der Waals surface area contributed by atoms with Crippen molar-refractivity contribution >= 4 is 17.5 Å². The maximum absolute atomic E-state index is 13.0. The fourth-order valence-corrected chi connectivity index (χ4v) is 1.79. The molecule has 0 atom stereocenters. The summed E-state index contributed by atoms with van der Waals surface area (Å²) < 4.78 is 13.0. The second kappa shape index (κ2) is 5.69.